The Morgan fingerprint density at radius 2 is 1.24 bits per heavy atom. The summed E-state index contributed by atoms with van der Waals surface area (Å²) in [6, 6.07) is 6.54. The Hall–Kier alpha value is -3.56. The standard InChI is InChI=1S/C15H12N6O4/c1-7-13(20-24-18-7)16-15(17-14-8(2)19-25-21-14)11(22)9-5-3-4-6-10(9)12(15)23/h3-6H,1-2H3,(H,16,20)(H,17,21). The SMILES string of the molecule is Cc1nonc1NC1(Nc2nonc2C)C(=O)c2ccccc2C1=O. The number of rotatable bonds is 4. The molecule has 0 amide bonds. The summed E-state index contributed by atoms with van der Waals surface area (Å²) in [6.45, 7) is 3.26. The molecule has 0 fully saturated rings. The van der Waals surface area contributed by atoms with Gasteiger partial charge in [-0.2, -0.15) is 0 Å². The fraction of sp³-hybridized carbons (Fsp3) is 0.200. The van der Waals surface area contributed by atoms with Gasteiger partial charge >= 0.3 is 0 Å². The van der Waals surface area contributed by atoms with Crippen molar-refractivity contribution in [2.75, 3.05) is 10.6 Å². The second kappa shape index (κ2) is 5.23. The van der Waals surface area contributed by atoms with Gasteiger partial charge in [0, 0.05) is 11.1 Å². The van der Waals surface area contributed by atoms with Gasteiger partial charge in [0.25, 0.3) is 0 Å². The Morgan fingerprint density at radius 1 is 0.800 bits per heavy atom. The Labute approximate surface area is 140 Å². The third-order valence-corrected chi connectivity index (χ3v) is 4.01. The predicted molar refractivity (Wildman–Crippen MR) is 83.1 cm³/mol. The summed E-state index contributed by atoms with van der Waals surface area (Å²) in [4.78, 5) is 26.2. The molecule has 0 saturated heterocycles. The van der Waals surface area contributed by atoms with E-state index in [1.165, 1.54) is 0 Å². The molecule has 1 aliphatic rings. The lowest BCUT2D eigenvalue weighted by Crippen LogP contribution is -2.56. The Morgan fingerprint density at radius 3 is 1.60 bits per heavy atom. The first kappa shape index (κ1) is 15.0. The number of Topliss-reactive ketones (excluding diaryl/α,β-unsaturated/α-hetero) is 2. The number of benzene rings is 1. The summed E-state index contributed by atoms with van der Waals surface area (Å²) in [5.41, 5.74) is -0.483. The lowest BCUT2D eigenvalue weighted by Gasteiger charge is -2.27. The van der Waals surface area contributed by atoms with E-state index in [9.17, 15) is 9.59 Å². The molecule has 10 nitrogen and oxygen atoms in total. The Kier molecular flexibility index (Phi) is 3.14. The zero-order chi connectivity index (χ0) is 17.6. The van der Waals surface area contributed by atoms with Crippen LogP contribution in [0.2, 0.25) is 0 Å². The number of nitrogens with one attached hydrogen (secondary N) is 2. The largest absolute Gasteiger partial charge is 0.330 e. The van der Waals surface area contributed by atoms with Crippen molar-refractivity contribution in [3.8, 4) is 0 Å². The smallest absolute Gasteiger partial charge is 0.241 e. The first-order valence-electron chi connectivity index (χ1n) is 7.36. The molecule has 0 radical (unpaired) electrons. The van der Waals surface area contributed by atoms with Crippen molar-refractivity contribution in [1.29, 1.82) is 0 Å². The van der Waals surface area contributed by atoms with E-state index in [0.29, 0.717) is 11.4 Å². The molecule has 2 aromatic heterocycles. The van der Waals surface area contributed by atoms with E-state index in [0.717, 1.165) is 0 Å². The van der Waals surface area contributed by atoms with Crippen LogP contribution in [0.1, 0.15) is 32.1 Å². The number of aryl methyl sites for hydroxylation is 2. The molecular formula is C15H12N6O4. The normalized spacial score (nSPS) is 15.3. The molecule has 2 N–H and O–H groups in total. The van der Waals surface area contributed by atoms with Crippen LogP contribution in [0.3, 0.4) is 0 Å². The van der Waals surface area contributed by atoms with Gasteiger partial charge in [-0.05, 0) is 24.2 Å². The molecule has 0 saturated carbocycles. The number of carbonyl (C=O) groups excluding carboxylic acids is 2. The van der Waals surface area contributed by atoms with Crippen LogP contribution in [0.25, 0.3) is 0 Å². The summed E-state index contributed by atoms with van der Waals surface area (Å²) < 4.78 is 9.30. The molecule has 2 heterocycles. The summed E-state index contributed by atoms with van der Waals surface area (Å²) in [5.74, 6) is -0.622. The van der Waals surface area contributed by atoms with Gasteiger partial charge in [0.2, 0.25) is 17.2 Å². The van der Waals surface area contributed by atoms with E-state index in [1.54, 1.807) is 38.1 Å². The van der Waals surface area contributed by atoms with E-state index >= 15 is 0 Å². The maximum absolute atomic E-state index is 13.1. The highest BCUT2D eigenvalue weighted by Gasteiger charge is 2.55. The van der Waals surface area contributed by atoms with Crippen molar-refractivity contribution in [2.45, 2.75) is 19.5 Å². The van der Waals surface area contributed by atoms with Crippen molar-refractivity contribution in [3.63, 3.8) is 0 Å². The number of carbonyl (C=O) groups is 2. The van der Waals surface area contributed by atoms with E-state index in [-0.39, 0.29) is 22.8 Å². The van der Waals surface area contributed by atoms with Crippen LogP contribution >= 0.6 is 0 Å². The molecule has 0 bridgehead atoms. The number of anilines is 2. The van der Waals surface area contributed by atoms with Gasteiger partial charge in [-0.1, -0.05) is 34.6 Å². The van der Waals surface area contributed by atoms with Gasteiger partial charge in [-0.15, -0.1) is 0 Å². The van der Waals surface area contributed by atoms with Gasteiger partial charge in [0.15, 0.2) is 11.6 Å². The van der Waals surface area contributed by atoms with Gasteiger partial charge in [-0.3, -0.25) is 9.59 Å². The minimum absolute atomic E-state index is 0.163. The minimum Gasteiger partial charge on any atom is -0.330 e. The monoisotopic (exact) mass is 340 g/mol. The topological polar surface area (TPSA) is 136 Å². The first-order chi connectivity index (χ1) is 12.0. The van der Waals surface area contributed by atoms with Crippen molar-refractivity contribution < 1.29 is 18.8 Å². The highest BCUT2D eigenvalue weighted by Crippen LogP contribution is 2.34. The lowest BCUT2D eigenvalue weighted by molar-refractivity contribution is 0.0841. The predicted octanol–water partition coefficient (Wildman–Crippen LogP) is 1.37. The third-order valence-electron chi connectivity index (χ3n) is 4.01. The maximum Gasteiger partial charge on any atom is 0.241 e. The van der Waals surface area contributed by atoms with E-state index < -0.39 is 17.2 Å². The fourth-order valence-corrected chi connectivity index (χ4v) is 2.69. The number of hydrogen-bond acceptors (Lipinski definition) is 10. The highest BCUT2D eigenvalue weighted by molar-refractivity contribution is 6.35. The van der Waals surface area contributed by atoms with Crippen LogP contribution in [0.15, 0.2) is 33.5 Å². The van der Waals surface area contributed by atoms with Gasteiger partial charge < -0.3 is 10.6 Å². The van der Waals surface area contributed by atoms with Crippen LogP contribution in [0.5, 0.6) is 0 Å². The number of aromatic nitrogens is 4. The molecule has 1 aromatic carbocycles. The average molecular weight is 340 g/mol. The quantitative estimate of drug-likeness (QED) is 0.529. The summed E-state index contributed by atoms with van der Waals surface area (Å²) in [7, 11) is 0. The molecule has 0 aliphatic heterocycles. The third kappa shape index (κ3) is 2.11. The van der Waals surface area contributed by atoms with Crippen molar-refractivity contribution in [1.82, 2.24) is 20.6 Å². The molecular weight excluding hydrogens is 328 g/mol. The number of ketones is 2. The van der Waals surface area contributed by atoms with Crippen LogP contribution in [-0.4, -0.2) is 37.9 Å². The molecule has 126 valence electrons. The van der Waals surface area contributed by atoms with Gasteiger partial charge in [0.1, 0.15) is 11.4 Å². The van der Waals surface area contributed by atoms with E-state index in [4.69, 9.17) is 0 Å². The minimum atomic E-state index is -1.85. The summed E-state index contributed by atoms with van der Waals surface area (Å²) in [6.07, 6.45) is 0. The van der Waals surface area contributed by atoms with Crippen LogP contribution in [0.4, 0.5) is 11.6 Å². The molecule has 0 spiro atoms. The Balaban J connectivity index is 1.85. The second-order valence-electron chi connectivity index (χ2n) is 5.60. The average Bonchev–Trinajstić information content (AvgIpc) is 3.25. The van der Waals surface area contributed by atoms with Gasteiger partial charge in [-0.25, -0.2) is 9.26 Å². The molecule has 0 unspecified atom stereocenters. The molecule has 10 heteroatoms. The molecule has 4 rings (SSSR count). The molecule has 0 atom stereocenters. The number of nitrogens with zero attached hydrogens (tertiary/aromatic N) is 4. The van der Waals surface area contributed by atoms with E-state index in [2.05, 4.69) is 40.5 Å². The molecule has 25 heavy (non-hydrogen) atoms. The maximum atomic E-state index is 13.1. The number of hydrogen-bond donors (Lipinski definition) is 2. The lowest BCUT2D eigenvalue weighted by atomic mass is 10.0. The summed E-state index contributed by atoms with van der Waals surface area (Å²) in [5, 5.41) is 20.4. The van der Waals surface area contributed by atoms with Crippen LogP contribution < -0.4 is 10.6 Å². The second-order valence-corrected chi connectivity index (χ2v) is 5.60. The Bertz CT molecular complexity index is 912. The zero-order valence-corrected chi connectivity index (χ0v) is 13.2. The fourth-order valence-electron chi connectivity index (χ4n) is 2.69. The van der Waals surface area contributed by atoms with Crippen LogP contribution in [0, 0.1) is 13.8 Å². The molecule has 1 aliphatic carbocycles. The summed E-state index contributed by atoms with van der Waals surface area (Å²) >= 11 is 0. The van der Waals surface area contributed by atoms with E-state index in [1.807, 2.05) is 0 Å². The van der Waals surface area contributed by atoms with Crippen molar-refractivity contribution in [2.24, 2.45) is 0 Å². The highest BCUT2D eigenvalue weighted by atomic mass is 16.6. The first-order valence-corrected chi connectivity index (χ1v) is 7.36. The molecule has 3 aromatic rings. The van der Waals surface area contributed by atoms with Crippen LogP contribution in [-0.2, 0) is 0 Å². The number of fused-ring (bicyclic) bond motifs is 1. The zero-order valence-electron chi connectivity index (χ0n) is 13.2. The van der Waals surface area contributed by atoms with Gasteiger partial charge in [0.05, 0.1) is 0 Å². The van der Waals surface area contributed by atoms with Crippen molar-refractivity contribution >= 4 is 23.2 Å². The van der Waals surface area contributed by atoms with Crippen molar-refractivity contribution in [3.05, 3.63) is 46.8 Å².